The van der Waals surface area contributed by atoms with Gasteiger partial charge in [0.25, 0.3) is 0 Å². The van der Waals surface area contributed by atoms with E-state index < -0.39 is 5.41 Å². The summed E-state index contributed by atoms with van der Waals surface area (Å²) in [6.07, 6.45) is 0.750. The molecule has 2 aromatic carbocycles. The fourth-order valence-electron chi connectivity index (χ4n) is 2.81. The highest BCUT2D eigenvalue weighted by Crippen LogP contribution is 2.44. The fraction of sp³-hybridized carbons (Fsp3) is 0.543. The number of ether oxygens (including phenoxy) is 1. The van der Waals surface area contributed by atoms with Gasteiger partial charge in [-0.1, -0.05) is 104 Å². The molecule has 0 spiro atoms. The highest BCUT2D eigenvalue weighted by Gasteiger charge is 2.31. The number of carbonyl (C=O) groups excluding carboxylic acids is 4. The van der Waals surface area contributed by atoms with Crippen LogP contribution in [-0.4, -0.2) is 30.4 Å². The molecule has 1 aliphatic rings. The summed E-state index contributed by atoms with van der Waals surface area (Å²) in [6, 6.07) is 16.7. The molecule has 0 heterocycles. The monoisotopic (exact) mass is 554 g/mol. The van der Waals surface area contributed by atoms with Gasteiger partial charge in [0, 0.05) is 16.7 Å². The van der Waals surface area contributed by atoms with Crippen LogP contribution in [0.25, 0.3) is 11.1 Å². The van der Waals surface area contributed by atoms with Crippen LogP contribution in [-0.2, 0) is 23.9 Å². The van der Waals surface area contributed by atoms with E-state index in [1.54, 1.807) is 13.8 Å². The van der Waals surface area contributed by atoms with Gasteiger partial charge in [0.1, 0.15) is 24.5 Å². The first kappa shape index (κ1) is 39.1. The summed E-state index contributed by atoms with van der Waals surface area (Å²) >= 11 is 0. The molecule has 2 aromatic rings. The second-order valence-corrected chi connectivity index (χ2v) is 12.4. The van der Waals surface area contributed by atoms with E-state index >= 15 is 0 Å². The quantitative estimate of drug-likeness (QED) is 0.274. The first-order valence-corrected chi connectivity index (χ1v) is 14.1. The Morgan fingerprint density at radius 3 is 1.20 bits per heavy atom. The van der Waals surface area contributed by atoms with Crippen molar-refractivity contribution in [1.29, 1.82) is 0 Å². The fourth-order valence-corrected chi connectivity index (χ4v) is 2.81. The summed E-state index contributed by atoms with van der Waals surface area (Å²) in [5.41, 5.74) is 4.27. The van der Waals surface area contributed by atoms with Gasteiger partial charge in [0.2, 0.25) is 0 Å². The largest absolute Gasteiger partial charge is 0.464 e. The van der Waals surface area contributed by atoms with Crippen LogP contribution in [0.3, 0.4) is 0 Å². The van der Waals surface area contributed by atoms with Crippen molar-refractivity contribution in [2.45, 2.75) is 103 Å². The number of hydrogen-bond acceptors (Lipinski definition) is 5. The van der Waals surface area contributed by atoms with Crippen LogP contribution in [0.4, 0.5) is 0 Å². The third-order valence-electron chi connectivity index (χ3n) is 6.07. The number of benzene rings is 2. The SMILES string of the molecule is CC.CC(=O)C(C)(C)C.CC(=O)C(C)(C)C.CC(C)(C)C(=O)OCC1c2ccccc2-c2ccccc21.CC=O. The van der Waals surface area contributed by atoms with Gasteiger partial charge in [-0.25, -0.2) is 0 Å². The number of Topliss-reactive ketones (excluding diaryl/α,β-unsaturated/α-hetero) is 2. The van der Waals surface area contributed by atoms with Crippen molar-refractivity contribution in [3.8, 4) is 11.1 Å². The van der Waals surface area contributed by atoms with Crippen molar-refractivity contribution in [3.05, 3.63) is 59.7 Å². The first-order valence-electron chi connectivity index (χ1n) is 14.1. The molecule has 1 aliphatic carbocycles. The number of ketones is 2. The normalized spacial score (nSPS) is 11.7. The van der Waals surface area contributed by atoms with Crippen LogP contribution in [0.2, 0.25) is 0 Å². The molecule has 5 nitrogen and oxygen atoms in total. The lowest BCUT2D eigenvalue weighted by Crippen LogP contribution is -2.25. The van der Waals surface area contributed by atoms with Crippen LogP contribution >= 0.6 is 0 Å². The number of carbonyl (C=O) groups is 4. The Labute approximate surface area is 244 Å². The first-order chi connectivity index (χ1) is 18.3. The molecule has 40 heavy (non-hydrogen) atoms. The molecular weight excluding hydrogens is 500 g/mol. The lowest BCUT2D eigenvalue weighted by molar-refractivity contribution is -0.153. The molecule has 0 aromatic heterocycles. The predicted molar refractivity (Wildman–Crippen MR) is 167 cm³/mol. The van der Waals surface area contributed by atoms with Gasteiger partial charge < -0.3 is 9.53 Å². The van der Waals surface area contributed by atoms with E-state index in [-0.39, 0.29) is 34.3 Å². The highest BCUT2D eigenvalue weighted by molar-refractivity contribution is 5.81. The molecule has 0 atom stereocenters. The number of aldehydes is 1. The molecule has 0 radical (unpaired) electrons. The molecule has 224 valence electrons. The number of fused-ring (bicyclic) bond motifs is 3. The molecule has 5 heteroatoms. The van der Waals surface area contributed by atoms with Gasteiger partial charge in [0.05, 0.1) is 5.41 Å². The van der Waals surface area contributed by atoms with E-state index in [0.29, 0.717) is 6.61 Å². The van der Waals surface area contributed by atoms with Crippen molar-refractivity contribution in [1.82, 2.24) is 0 Å². The molecule has 0 bridgehead atoms. The number of rotatable bonds is 2. The molecule has 0 fully saturated rings. The number of esters is 1. The zero-order valence-electron chi connectivity index (χ0n) is 27.5. The number of hydrogen-bond donors (Lipinski definition) is 0. The van der Waals surface area contributed by atoms with Gasteiger partial charge in [-0.15, -0.1) is 0 Å². The molecule has 0 saturated heterocycles. The topological polar surface area (TPSA) is 77.5 Å². The second kappa shape index (κ2) is 17.6. The third-order valence-corrected chi connectivity index (χ3v) is 6.07. The van der Waals surface area contributed by atoms with E-state index in [1.807, 2.05) is 88.3 Å². The van der Waals surface area contributed by atoms with Gasteiger partial charge >= 0.3 is 5.97 Å². The summed E-state index contributed by atoms with van der Waals surface area (Å²) < 4.78 is 5.57. The highest BCUT2D eigenvalue weighted by atomic mass is 16.5. The minimum Gasteiger partial charge on any atom is -0.464 e. The van der Waals surface area contributed by atoms with Crippen LogP contribution in [0.5, 0.6) is 0 Å². The van der Waals surface area contributed by atoms with Crippen LogP contribution in [0.15, 0.2) is 48.5 Å². The molecule has 0 N–H and O–H groups in total. The third kappa shape index (κ3) is 13.8. The van der Waals surface area contributed by atoms with Crippen molar-refractivity contribution in [2.75, 3.05) is 6.61 Å². The van der Waals surface area contributed by atoms with Gasteiger partial charge in [-0.3, -0.25) is 14.4 Å². The van der Waals surface area contributed by atoms with Crippen LogP contribution in [0, 0.1) is 16.2 Å². The summed E-state index contributed by atoms with van der Waals surface area (Å²) in [6.45, 7) is 26.2. The second-order valence-electron chi connectivity index (χ2n) is 12.4. The van der Waals surface area contributed by atoms with Crippen LogP contribution < -0.4 is 0 Å². The van der Waals surface area contributed by atoms with Crippen molar-refractivity contribution in [3.63, 3.8) is 0 Å². The predicted octanol–water partition coefficient (Wildman–Crippen LogP) is 8.86. The Bertz CT molecular complexity index is 1010. The van der Waals surface area contributed by atoms with E-state index in [2.05, 4.69) is 36.4 Å². The summed E-state index contributed by atoms with van der Waals surface area (Å²) in [5, 5.41) is 0. The van der Waals surface area contributed by atoms with Crippen LogP contribution in [0.1, 0.15) is 114 Å². The standard InChI is InChI=1S/C19H20O2.2C6H12O.C2H4O.C2H6/c1-19(2,3)18(20)21-12-17-15-10-6-4-8-13(15)14-9-5-7-11-16(14)17;2*1-5(7)6(2,3)4;1-2-3;1-2/h4-11,17H,12H2,1-3H3;2*1-4H3;2H,1H3;1-2H3. The maximum atomic E-state index is 12.0. The summed E-state index contributed by atoms with van der Waals surface area (Å²) in [7, 11) is 0. The van der Waals surface area contributed by atoms with Gasteiger partial charge in [-0.2, -0.15) is 0 Å². The Kier molecular flexibility index (Phi) is 17.2. The van der Waals surface area contributed by atoms with Crippen molar-refractivity contribution < 1.29 is 23.9 Å². The molecule has 0 amide bonds. The molecular formula is C35H54O5. The maximum absolute atomic E-state index is 12.0. The lowest BCUT2D eigenvalue weighted by atomic mass is 9.92. The zero-order valence-corrected chi connectivity index (χ0v) is 27.5. The van der Waals surface area contributed by atoms with Gasteiger partial charge in [0.15, 0.2) is 0 Å². The van der Waals surface area contributed by atoms with E-state index in [4.69, 9.17) is 9.53 Å². The molecule has 3 rings (SSSR count). The van der Waals surface area contributed by atoms with Crippen molar-refractivity contribution in [2.24, 2.45) is 16.2 Å². The van der Waals surface area contributed by atoms with E-state index in [0.717, 1.165) is 6.29 Å². The molecule has 0 unspecified atom stereocenters. The Balaban J connectivity index is 0. The summed E-state index contributed by atoms with van der Waals surface area (Å²) in [4.78, 5) is 41.8. The zero-order chi connectivity index (χ0) is 31.9. The lowest BCUT2D eigenvalue weighted by Gasteiger charge is -2.20. The van der Waals surface area contributed by atoms with Crippen molar-refractivity contribution >= 4 is 23.8 Å². The Hall–Kier alpha value is -3.08. The van der Waals surface area contributed by atoms with E-state index in [1.165, 1.54) is 29.2 Å². The minimum absolute atomic E-state index is 0.139. The smallest absolute Gasteiger partial charge is 0.311 e. The molecule has 0 aliphatic heterocycles. The average molecular weight is 555 g/mol. The maximum Gasteiger partial charge on any atom is 0.311 e. The van der Waals surface area contributed by atoms with E-state index in [9.17, 15) is 14.4 Å². The minimum atomic E-state index is -0.461. The Morgan fingerprint density at radius 1 is 0.675 bits per heavy atom. The van der Waals surface area contributed by atoms with Gasteiger partial charge in [-0.05, 0) is 63.8 Å². The molecule has 0 saturated carbocycles. The summed E-state index contributed by atoms with van der Waals surface area (Å²) in [5.74, 6) is 0.480. The average Bonchev–Trinajstić information content (AvgIpc) is 3.17. The Morgan fingerprint density at radius 2 is 0.950 bits per heavy atom.